The van der Waals surface area contributed by atoms with Crippen molar-refractivity contribution >= 4 is 32.5 Å². The molecule has 0 radical (unpaired) electrons. The van der Waals surface area contributed by atoms with Crippen LogP contribution in [0.3, 0.4) is 0 Å². The van der Waals surface area contributed by atoms with Crippen LogP contribution in [-0.4, -0.2) is 18.1 Å². The van der Waals surface area contributed by atoms with Gasteiger partial charge < -0.3 is 11.1 Å². The van der Waals surface area contributed by atoms with E-state index in [-0.39, 0.29) is 0 Å². The Morgan fingerprint density at radius 3 is 2.93 bits per heavy atom. The van der Waals surface area contributed by atoms with Crippen molar-refractivity contribution in [2.75, 3.05) is 18.4 Å². The van der Waals surface area contributed by atoms with Gasteiger partial charge in [0.25, 0.3) is 0 Å². The Bertz CT molecular complexity index is 470. The first-order chi connectivity index (χ1) is 7.33. The summed E-state index contributed by atoms with van der Waals surface area (Å²) in [5.41, 5.74) is 5.45. The molecule has 0 saturated heterocycles. The summed E-state index contributed by atoms with van der Waals surface area (Å²) in [6, 6.07) is 8.07. The van der Waals surface area contributed by atoms with Crippen molar-refractivity contribution in [1.29, 1.82) is 0 Å². The van der Waals surface area contributed by atoms with Gasteiger partial charge in [0.2, 0.25) is 0 Å². The van der Waals surface area contributed by atoms with Crippen molar-refractivity contribution in [2.45, 2.75) is 0 Å². The minimum Gasteiger partial charge on any atom is -0.368 e. The highest BCUT2D eigenvalue weighted by atomic mass is 79.9. The molecular formula is C11H12BrN3. The number of nitrogens with two attached hydrogens (primary N) is 1. The van der Waals surface area contributed by atoms with Crippen LogP contribution in [0.1, 0.15) is 0 Å². The van der Waals surface area contributed by atoms with E-state index in [4.69, 9.17) is 5.73 Å². The van der Waals surface area contributed by atoms with E-state index >= 15 is 0 Å². The molecule has 0 atom stereocenters. The van der Waals surface area contributed by atoms with E-state index in [9.17, 15) is 0 Å². The molecule has 3 N–H and O–H groups in total. The quantitative estimate of drug-likeness (QED) is 0.896. The first kappa shape index (κ1) is 10.4. The fraction of sp³-hybridized carbons (Fsp3) is 0.182. The highest BCUT2D eigenvalue weighted by Crippen LogP contribution is 2.27. The second-order valence-electron chi connectivity index (χ2n) is 3.21. The van der Waals surface area contributed by atoms with E-state index in [2.05, 4.69) is 26.2 Å². The standard InChI is InChI=1S/C11H12BrN3/c12-10-3-1-2-9-8(10)4-6-14-11(9)15-7-5-13/h1-4,6H,5,7,13H2,(H,14,15). The zero-order chi connectivity index (χ0) is 10.7. The average molecular weight is 266 g/mol. The smallest absolute Gasteiger partial charge is 0.133 e. The second kappa shape index (κ2) is 4.59. The van der Waals surface area contributed by atoms with Gasteiger partial charge >= 0.3 is 0 Å². The summed E-state index contributed by atoms with van der Waals surface area (Å²) in [5.74, 6) is 0.888. The van der Waals surface area contributed by atoms with E-state index in [1.165, 1.54) is 0 Å². The van der Waals surface area contributed by atoms with Gasteiger partial charge in [-0.3, -0.25) is 0 Å². The molecule has 2 aromatic rings. The summed E-state index contributed by atoms with van der Waals surface area (Å²) in [4.78, 5) is 4.30. The van der Waals surface area contributed by atoms with Crippen LogP contribution in [0.2, 0.25) is 0 Å². The minimum atomic E-state index is 0.603. The number of anilines is 1. The number of pyridine rings is 1. The molecule has 0 spiro atoms. The zero-order valence-corrected chi connectivity index (χ0v) is 9.79. The lowest BCUT2D eigenvalue weighted by Gasteiger charge is -2.08. The molecule has 1 heterocycles. The second-order valence-corrected chi connectivity index (χ2v) is 4.06. The molecule has 0 bridgehead atoms. The van der Waals surface area contributed by atoms with Crippen LogP contribution < -0.4 is 11.1 Å². The number of benzene rings is 1. The Balaban J connectivity index is 2.51. The molecule has 15 heavy (non-hydrogen) atoms. The van der Waals surface area contributed by atoms with Gasteiger partial charge in [-0.25, -0.2) is 4.98 Å². The van der Waals surface area contributed by atoms with Crippen LogP contribution in [0.25, 0.3) is 10.8 Å². The molecule has 2 rings (SSSR count). The molecule has 0 aliphatic rings. The van der Waals surface area contributed by atoms with Crippen LogP contribution in [0.15, 0.2) is 34.9 Å². The SMILES string of the molecule is NCCNc1nccc2c(Br)cccc12. The first-order valence-electron chi connectivity index (χ1n) is 4.80. The predicted molar refractivity (Wildman–Crippen MR) is 67.0 cm³/mol. The van der Waals surface area contributed by atoms with Crippen LogP contribution in [0.4, 0.5) is 5.82 Å². The number of nitrogens with one attached hydrogen (secondary N) is 1. The van der Waals surface area contributed by atoms with E-state index in [1.807, 2.05) is 24.3 Å². The number of aromatic nitrogens is 1. The van der Waals surface area contributed by atoms with Crippen molar-refractivity contribution in [3.05, 3.63) is 34.9 Å². The summed E-state index contributed by atoms with van der Waals surface area (Å²) in [6.45, 7) is 1.34. The van der Waals surface area contributed by atoms with Gasteiger partial charge in [0.05, 0.1) is 0 Å². The molecule has 0 unspecified atom stereocenters. The zero-order valence-electron chi connectivity index (χ0n) is 8.20. The fourth-order valence-electron chi connectivity index (χ4n) is 1.50. The third-order valence-corrected chi connectivity index (χ3v) is 2.88. The third-order valence-electron chi connectivity index (χ3n) is 2.19. The van der Waals surface area contributed by atoms with Crippen molar-refractivity contribution in [1.82, 2.24) is 4.98 Å². The Kier molecular flexibility index (Phi) is 3.18. The van der Waals surface area contributed by atoms with Crippen LogP contribution >= 0.6 is 15.9 Å². The Morgan fingerprint density at radius 2 is 2.13 bits per heavy atom. The van der Waals surface area contributed by atoms with Crippen molar-refractivity contribution < 1.29 is 0 Å². The van der Waals surface area contributed by atoms with Crippen LogP contribution in [0, 0.1) is 0 Å². The molecule has 1 aromatic heterocycles. The van der Waals surface area contributed by atoms with E-state index in [0.29, 0.717) is 6.54 Å². The number of fused-ring (bicyclic) bond motifs is 1. The normalized spacial score (nSPS) is 10.5. The van der Waals surface area contributed by atoms with Gasteiger partial charge in [-0.2, -0.15) is 0 Å². The average Bonchev–Trinajstić information content (AvgIpc) is 2.27. The van der Waals surface area contributed by atoms with Gasteiger partial charge in [-0.05, 0) is 12.1 Å². The number of hydrogen-bond acceptors (Lipinski definition) is 3. The molecule has 0 saturated carbocycles. The van der Waals surface area contributed by atoms with Crippen molar-refractivity contribution in [3.8, 4) is 0 Å². The number of rotatable bonds is 3. The minimum absolute atomic E-state index is 0.603. The summed E-state index contributed by atoms with van der Waals surface area (Å²) >= 11 is 3.52. The lowest BCUT2D eigenvalue weighted by atomic mass is 10.1. The molecule has 4 heteroatoms. The van der Waals surface area contributed by atoms with E-state index in [0.717, 1.165) is 27.6 Å². The highest BCUT2D eigenvalue weighted by Gasteiger charge is 2.03. The van der Waals surface area contributed by atoms with Crippen molar-refractivity contribution in [3.63, 3.8) is 0 Å². The van der Waals surface area contributed by atoms with Gasteiger partial charge in [0.15, 0.2) is 0 Å². The van der Waals surface area contributed by atoms with Crippen LogP contribution in [-0.2, 0) is 0 Å². The molecule has 0 amide bonds. The maximum absolute atomic E-state index is 5.45. The maximum Gasteiger partial charge on any atom is 0.133 e. The topological polar surface area (TPSA) is 50.9 Å². The molecular weight excluding hydrogens is 254 g/mol. The molecule has 1 aromatic carbocycles. The number of hydrogen-bond donors (Lipinski definition) is 2. The largest absolute Gasteiger partial charge is 0.368 e. The van der Waals surface area contributed by atoms with Crippen LogP contribution in [0.5, 0.6) is 0 Å². The Labute approximate surface area is 96.8 Å². The van der Waals surface area contributed by atoms with Gasteiger partial charge in [0, 0.05) is 34.5 Å². The lowest BCUT2D eigenvalue weighted by molar-refractivity contribution is 1.01. The summed E-state index contributed by atoms with van der Waals surface area (Å²) in [6.07, 6.45) is 1.80. The molecule has 0 fully saturated rings. The van der Waals surface area contributed by atoms with E-state index < -0.39 is 0 Å². The molecule has 3 nitrogen and oxygen atoms in total. The third kappa shape index (κ3) is 2.11. The fourth-order valence-corrected chi connectivity index (χ4v) is 2.00. The Hall–Kier alpha value is -1.13. The van der Waals surface area contributed by atoms with Gasteiger partial charge in [-0.15, -0.1) is 0 Å². The lowest BCUT2D eigenvalue weighted by Crippen LogP contribution is -2.13. The highest BCUT2D eigenvalue weighted by molar-refractivity contribution is 9.10. The molecule has 78 valence electrons. The Morgan fingerprint density at radius 1 is 1.27 bits per heavy atom. The first-order valence-corrected chi connectivity index (χ1v) is 5.59. The van der Waals surface area contributed by atoms with Gasteiger partial charge in [0.1, 0.15) is 5.82 Å². The van der Waals surface area contributed by atoms with Gasteiger partial charge in [-0.1, -0.05) is 28.1 Å². The number of nitrogens with zero attached hydrogens (tertiary/aromatic N) is 1. The van der Waals surface area contributed by atoms with E-state index in [1.54, 1.807) is 6.20 Å². The monoisotopic (exact) mass is 265 g/mol. The number of halogens is 1. The van der Waals surface area contributed by atoms with Crippen molar-refractivity contribution in [2.24, 2.45) is 5.73 Å². The summed E-state index contributed by atoms with van der Waals surface area (Å²) in [7, 11) is 0. The summed E-state index contributed by atoms with van der Waals surface area (Å²) < 4.78 is 1.08. The molecule has 0 aliphatic heterocycles. The summed E-state index contributed by atoms with van der Waals surface area (Å²) in [5, 5.41) is 5.48. The predicted octanol–water partition coefficient (Wildman–Crippen LogP) is 2.37. The maximum atomic E-state index is 5.45. The molecule has 0 aliphatic carbocycles.